The normalized spacial score (nSPS) is 49.3. The van der Waals surface area contributed by atoms with Crippen molar-refractivity contribution in [1.82, 2.24) is 0 Å². The molecule has 0 bridgehead atoms. The molecule has 1 aliphatic heterocycles. The van der Waals surface area contributed by atoms with Crippen LogP contribution in [0.25, 0.3) is 0 Å². The number of aliphatic hydroxyl groups is 2. The van der Waals surface area contributed by atoms with Crippen LogP contribution in [0.15, 0.2) is 23.8 Å². The zero-order chi connectivity index (χ0) is 13.9. The summed E-state index contributed by atoms with van der Waals surface area (Å²) >= 11 is 0. The molecule has 0 aromatic carbocycles. The fourth-order valence-electron chi connectivity index (χ4n) is 4.08. The molecular weight excluding hydrogens is 244 g/mol. The van der Waals surface area contributed by atoms with Crippen molar-refractivity contribution in [3.63, 3.8) is 0 Å². The number of hydrogen-bond acceptors (Lipinski definition) is 4. The van der Waals surface area contributed by atoms with E-state index in [1.165, 1.54) is 0 Å². The Labute approximate surface area is 112 Å². The number of ether oxygens (including phenoxy) is 1. The van der Waals surface area contributed by atoms with Gasteiger partial charge >= 0.3 is 5.97 Å². The number of esters is 1. The zero-order valence-corrected chi connectivity index (χ0v) is 11.3. The molecule has 1 heterocycles. The van der Waals surface area contributed by atoms with Crippen molar-refractivity contribution < 1.29 is 19.7 Å². The predicted octanol–water partition coefficient (Wildman–Crippen LogP) is 1.18. The lowest BCUT2D eigenvalue weighted by Crippen LogP contribution is -2.33. The minimum atomic E-state index is -0.903. The van der Waals surface area contributed by atoms with Crippen LogP contribution in [0.2, 0.25) is 0 Å². The topological polar surface area (TPSA) is 66.8 Å². The summed E-state index contributed by atoms with van der Waals surface area (Å²) in [6, 6.07) is 0. The Bertz CT molecular complexity index is 477. The van der Waals surface area contributed by atoms with Crippen LogP contribution in [0.4, 0.5) is 0 Å². The summed E-state index contributed by atoms with van der Waals surface area (Å²) in [5.41, 5.74) is 0.595. The van der Waals surface area contributed by atoms with E-state index in [2.05, 4.69) is 6.58 Å². The Morgan fingerprint density at radius 1 is 1.53 bits per heavy atom. The second-order valence-electron chi connectivity index (χ2n) is 6.41. The Hall–Kier alpha value is -1.13. The van der Waals surface area contributed by atoms with Crippen molar-refractivity contribution >= 4 is 5.97 Å². The van der Waals surface area contributed by atoms with Gasteiger partial charge in [0, 0.05) is 23.8 Å². The highest BCUT2D eigenvalue weighted by Gasteiger charge is 2.54. The van der Waals surface area contributed by atoms with E-state index in [0.29, 0.717) is 18.4 Å². The van der Waals surface area contributed by atoms with Crippen LogP contribution >= 0.6 is 0 Å². The summed E-state index contributed by atoms with van der Waals surface area (Å²) in [5.74, 6) is -0.517. The first kappa shape index (κ1) is 12.9. The smallest absolute Gasteiger partial charge is 0.334 e. The molecule has 19 heavy (non-hydrogen) atoms. The summed E-state index contributed by atoms with van der Waals surface area (Å²) in [6.07, 6.45) is 2.13. The number of rotatable bonds is 0. The molecule has 4 heteroatoms. The van der Waals surface area contributed by atoms with E-state index in [4.69, 9.17) is 4.74 Å². The van der Waals surface area contributed by atoms with Crippen LogP contribution in [0, 0.1) is 17.8 Å². The Morgan fingerprint density at radius 2 is 2.21 bits per heavy atom. The summed E-state index contributed by atoms with van der Waals surface area (Å²) in [7, 11) is 0. The summed E-state index contributed by atoms with van der Waals surface area (Å²) in [6.45, 7) is 7.54. The van der Waals surface area contributed by atoms with Crippen molar-refractivity contribution in [2.24, 2.45) is 17.8 Å². The van der Waals surface area contributed by atoms with Crippen LogP contribution in [0.1, 0.15) is 26.7 Å². The third kappa shape index (κ3) is 1.77. The highest BCUT2D eigenvalue weighted by Crippen LogP contribution is 2.51. The van der Waals surface area contributed by atoms with Gasteiger partial charge in [-0.25, -0.2) is 4.79 Å². The summed E-state index contributed by atoms with van der Waals surface area (Å²) in [5, 5.41) is 20.7. The van der Waals surface area contributed by atoms with Crippen molar-refractivity contribution in [2.75, 3.05) is 0 Å². The molecule has 3 aliphatic rings. The predicted molar refractivity (Wildman–Crippen MR) is 69.1 cm³/mol. The van der Waals surface area contributed by atoms with E-state index >= 15 is 0 Å². The quantitative estimate of drug-likeness (QED) is 0.392. The molecule has 0 radical (unpaired) electrons. The van der Waals surface area contributed by atoms with Crippen molar-refractivity contribution in [3.8, 4) is 0 Å². The fourth-order valence-corrected chi connectivity index (χ4v) is 4.08. The van der Waals surface area contributed by atoms with Gasteiger partial charge in [-0.1, -0.05) is 12.2 Å². The zero-order valence-electron chi connectivity index (χ0n) is 11.3. The minimum absolute atomic E-state index is 0.0490. The number of carbonyl (C=O) groups is 1. The van der Waals surface area contributed by atoms with Crippen molar-refractivity contribution in [2.45, 2.75) is 44.5 Å². The lowest BCUT2D eigenvalue weighted by Gasteiger charge is -2.30. The first-order valence-electron chi connectivity index (χ1n) is 6.80. The average Bonchev–Trinajstić information content (AvgIpc) is 2.61. The maximum atomic E-state index is 11.6. The van der Waals surface area contributed by atoms with E-state index in [9.17, 15) is 15.0 Å². The molecule has 2 aliphatic carbocycles. The molecule has 0 unspecified atom stereocenters. The van der Waals surface area contributed by atoms with Gasteiger partial charge in [-0.2, -0.15) is 0 Å². The molecule has 0 spiro atoms. The van der Waals surface area contributed by atoms with Crippen LogP contribution in [-0.2, 0) is 9.53 Å². The number of hydrogen-bond donors (Lipinski definition) is 2. The third-order valence-electron chi connectivity index (χ3n) is 5.08. The highest BCUT2D eigenvalue weighted by atomic mass is 16.5. The second kappa shape index (κ2) is 3.93. The molecule has 6 atom stereocenters. The molecule has 3 rings (SSSR count). The molecule has 0 amide bonds. The van der Waals surface area contributed by atoms with Gasteiger partial charge in [0.15, 0.2) is 0 Å². The van der Waals surface area contributed by atoms with E-state index < -0.39 is 11.7 Å². The third-order valence-corrected chi connectivity index (χ3v) is 5.08. The van der Waals surface area contributed by atoms with Gasteiger partial charge < -0.3 is 14.9 Å². The van der Waals surface area contributed by atoms with Gasteiger partial charge in [0.1, 0.15) is 6.10 Å². The summed E-state index contributed by atoms with van der Waals surface area (Å²) < 4.78 is 5.32. The second-order valence-corrected chi connectivity index (χ2v) is 6.41. The van der Waals surface area contributed by atoms with E-state index in [0.717, 1.165) is 5.57 Å². The first-order valence-corrected chi connectivity index (χ1v) is 6.80. The number of aliphatic hydroxyl groups excluding tert-OH is 1. The monoisotopic (exact) mass is 264 g/mol. The Kier molecular flexibility index (Phi) is 2.67. The maximum absolute atomic E-state index is 11.6. The van der Waals surface area contributed by atoms with E-state index in [1.54, 1.807) is 6.92 Å². The van der Waals surface area contributed by atoms with Gasteiger partial charge in [-0.05, 0) is 32.3 Å². The molecule has 2 fully saturated rings. The van der Waals surface area contributed by atoms with Crippen LogP contribution < -0.4 is 0 Å². The lowest BCUT2D eigenvalue weighted by molar-refractivity contribution is -0.137. The van der Waals surface area contributed by atoms with Gasteiger partial charge in [-0.15, -0.1) is 0 Å². The number of fused-ring (bicyclic) bond motifs is 2. The fraction of sp³-hybridized carbons (Fsp3) is 0.667. The lowest BCUT2D eigenvalue weighted by atomic mass is 9.78. The van der Waals surface area contributed by atoms with Crippen LogP contribution in [0.3, 0.4) is 0 Å². The van der Waals surface area contributed by atoms with Crippen LogP contribution in [0.5, 0.6) is 0 Å². The van der Waals surface area contributed by atoms with Crippen LogP contribution in [-0.4, -0.2) is 34.0 Å². The van der Waals surface area contributed by atoms with Gasteiger partial charge in [0.2, 0.25) is 0 Å². The molecule has 0 aromatic heterocycles. The molecule has 0 aromatic rings. The van der Waals surface area contributed by atoms with Gasteiger partial charge in [0.25, 0.3) is 0 Å². The molecule has 1 saturated carbocycles. The highest BCUT2D eigenvalue weighted by molar-refractivity contribution is 5.91. The summed E-state index contributed by atoms with van der Waals surface area (Å²) in [4.78, 5) is 11.6. The molecule has 2 N–H and O–H groups in total. The van der Waals surface area contributed by atoms with Crippen molar-refractivity contribution in [1.29, 1.82) is 0 Å². The standard InChI is InChI=1S/C15H20O4/c1-7-4-12-9(8(2)14(17)19-12)5-10-13(7)11(16)6-15(10,3)18/h4,9-13,16,18H,2,5-6H2,1,3H3/t9-,10-,11+,12+,13+,15-/m1/s1. The molecular formula is C15H20O4. The Balaban J connectivity index is 2.01. The van der Waals surface area contributed by atoms with Crippen molar-refractivity contribution in [3.05, 3.63) is 23.8 Å². The van der Waals surface area contributed by atoms with E-state index in [1.807, 2.05) is 13.0 Å². The largest absolute Gasteiger partial charge is 0.454 e. The maximum Gasteiger partial charge on any atom is 0.334 e. The SMILES string of the molecule is C=C1C(=O)O[C@H]2C=C(C)[C@H]3[C@@H](C[C@H]12)[C@](C)(O)C[C@@H]3O. The van der Waals surface area contributed by atoms with E-state index in [-0.39, 0.29) is 29.8 Å². The Morgan fingerprint density at radius 3 is 2.89 bits per heavy atom. The minimum Gasteiger partial charge on any atom is -0.454 e. The molecule has 104 valence electrons. The first-order chi connectivity index (χ1) is 8.81. The van der Waals surface area contributed by atoms with Gasteiger partial charge in [0.05, 0.1) is 11.7 Å². The number of carbonyl (C=O) groups excluding carboxylic acids is 1. The average molecular weight is 264 g/mol. The van der Waals surface area contributed by atoms with Gasteiger partial charge in [-0.3, -0.25) is 0 Å². The molecule has 4 nitrogen and oxygen atoms in total. The molecule has 1 saturated heterocycles.